The second-order valence-electron chi connectivity index (χ2n) is 14.1. The summed E-state index contributed by atoms with van der Waals surface area (Å²) in [6.45, 7) is 4.73. The van der Waals surface area contributed by atoms with Gasteiger partial charge in [-0.05, 0) is 103 Å². The maximum absolute atomic E-state index is 14.3. The Bertz CT molecular complexity index is 1710. The zero-order chi connectivity index (χ0) is 33.9. The van der Waals surface area contributed by atoms with E-state index in [0.717, 1.165) is 67.7 Å². The lowest BCUT2D eigenvalue weighted by Gasteiger charge is -2.43. The highest BCUT2D eigenvalue weighted by molar-refractivity contribution is 6.43. The van der Waals surface area contributed by atoms with Crippen molar-refractivity contribution in [2.45, 2.75) is 76.9 Å². The topological polar surface area (TPSA) is 103 Å². The number of carbonyl (C=O) groups is 2. The first kappa shape index (κ1) is 33.5. The number of hydrogen-bond acceptors (Lipinski definition) is 7. The van der Waals surface area contributed by atoms with Gasteiger partial charge in [-0.1, -0.05) is 67.4 Å². The van der Waals surface area contributed by atoms with Gasteiger partial charge < -0.3 is 14.8 Å². The minimum absolute atomic E-state index is 0.0202. The van der Waals surface area contributed by atoms with Crippen molar-refractivity contribution >= 4 is 30.6 Å². The van der Waals surface area contributed by atoms with Gasteiger partial charge in [-0.2, -0.15) is 0 Å². The number of allylic oxidation sites excluding steroid dienone is 2. The summed E-state index contributed by atoms with van der Waals surface area (Å²) in [6, 6.07) is 23.3. The fourth-order valence-electron chi connectivity index (χ4n) is 8.79. The van der Waals surface area contributed by atoms with Crippen LogP contribution in [0.3, 0.4) is 0 Å². The minimum atomic E-state index is -1.01. The second kappa shape index (κ2) is 14.8. The number of phenols is 1. The molecule has 9 heteroatoms. The van der Waals surface area contributed by atoms with Gasteiger partial charge in [0.15, 0.2) is 0 Å². The van der Waals surface area contributed by atoms with E-state index in [4.69, 9.17) is 4.65 Å². The Kier molecular flexibility index (Phi) is 10.1. The van der Waals surface area contributed by atoms with Gasteiger partial charge in [-0.25, -0.2) is 0 Å². The summed E-state index contributed by atoms with van der Waals surface area (Å²) in [7, 11) is -1.01. The third kappa shape index (κ3) is 7.16. The standard InChI is InChI=1S/C40H46BN3O5/c1-2-9-30-24-33-38(40(47)44(39(33)46)31-17-20-43(21-18-31)26-27-10-4-3-5-11-27)34-25-41(48)49-36(37(30)34)16-15-29(35-14-6-7-19-42-35)22-28-12-8-13-32(45)23-28/h3-8,10-14,19,22-23,31,33-34,36,38,45,48H,2,9,15-18,20-21,24-26H2,1H3/b29-22-/t33-,34+,36-,38-/m1/s1. The molecule has 2 aromatic carbocycles. The van der Waals surface area contributed by atoms with Crippen molar-refractivity contribution in [3.05, 3.63) is 107 Å². The van der Waals surface area contributed by atoms with Gasteiger partial charge in [-0.15, -0.1) is 0 Å². The quantitative estimate of drug-likeness (QED) is 0.148. The number of nitrogens with zero attached hydrogens (tertiary/aromatic N) is 3. The number of aromatic hydroxyl groups is 1. The van der Waals surface area contributed by atoms with Crippen molar-refractivity contribution in [3.8, 4) is 5.75 Å². The van der Waals surface area contributed by atoms with Crippen LogP contribution in [0, 0.1) is 17.8 Å². The number of pyridine rings is 1. The predicted octanol–water partition coefficient (Wildman–Crippen LogP) is 6.37. The molecule has 3 aliphatic heterocycles. The van der Waals surface area contributed by atoms with E-state index in [1.54, 1.807) is 23.2 Å². The van der Waals surface area contributed by atoms with Gasteiger partial charge in [0.25, 0.3) is 0 Å². The number of likely N-dealkylation sites (tertiary alicyclic amines) is 2. The van der Waals surface area contributed by atoms with E-state index in [9.17, 15) is 19.7 Å². The molecule has 4 atom stereocenters. The van der Waals surface area contributed by atoms with Gasteiger partial charge in [0.2, 0.25) is 11.8 Å². The van der Waals surface area contributed by atoms with Crippen LogP contribution < -0.4 is 0 Å². The smallest absolute Gasteiger partial charge is 0.455 e. The van der Waals surface area contributed by atoms with Crippen LogP contribution in [-0.4, -0.2) is 69.1 Å². The largest absolute Gasteiger partial charge is 0.508 e. The number of benzene rings is 2. The van der Waals surface area contributed by atoms with Crippen molar-refractivity contribution in [1.82, 2.24) is 14.8 Å². The van der Waals surface area contributed by atoms with E-state index in [1.165, 1.54) is 11.1 Å². The fraction of sp³-hybridized carbons (Fsp3) is 0.425. The molecular formula is C40H46BN3O5. The molecule has 0 spiro atoms. The Hall–Kier alpha value is -4.05. The third-order valence-corrected chi connectivity index (χ3v) is 10.9. The number of phenolic OH excluding ortho intramolecular Hbond substituents is 1. The van der Waals surface area contributed by atoms with Gasteiger partial charge >= 0.3 is 7.12 Å². The molecule has 0 unspecified atom stereocenters. The Morgan fingerprint density at radius 1 is 1.00 bits per heavy atom. The first-order valence-corrected chi connectivity index (χ1v) is 18.0. The maximum atomic E-state index is 14.3. The van der Waals surface area contributed by atoms with Gasteiger partial charge in [-0.3, -0.25) is 24.4 Å². The first-order chi connectivity index (χ1) is 23.9. The van der Waals surface area contributed by atoms with Crippen LogP contribution in [-0.2, 0) is 20.8 Å². The molecule has 3 saturated heterocycles. The predicted molar refractivity (Wildman–Crippen MR) is 191 cm³/mol. The molecule has 2 amide bonds. The van der Waals surface area contributed by atoms with Gasteiger partial charge in [0.1, 0.15) is 5.75 Å². The molecule has 0 radical (unpaired) electrons. The first-order valence-electron chi connectivity index (χ1n) is 18.0. The summed E-state index contributed by atoms with van der Waals surface area (Å²) in [5.74, 6) is -0.921. The average Bonchev–Trinajstić information content (AvgIpc) is 3.36. The Labute approximate surface area is 289 Å². The summed E-state index contributed by atoms with van der Waals surface area (Å²) in [6.07, 6.45) is 8.92. The minimum Gasteiger partial charge on any atom is -0.508 e. The van der Waals surface area contributed by atoms with E-state index in [2.05, 4.69) is 41.1 Å². The molecule has 2 N–H and O–H groups in total. The monoisotopic (exact) mass is 659 g/mol. The van der Waals surface area contributed by atoms with E-state index in [0.29, 0.717) is 25.6 Å². The Morgan fingerprint density at radius 3 is 2.53 bits per heavy atom. The molecule has 4 heterocycles. The van der Waals surface area contributed by atoms with E-state index in [-0.39, 0.29) is 41.5 Å². The molecular weight excluding hydrogens is 613 g/mol. The summed E-state index contributed by atoms with van der Waals surface area (Å²) in [4.78, 5) is 37.1. The van der Waals surface area contributed by atoms with Crippen LogP contribution in [0.2, 0.25) is 6.32 Å². The molecule has 0 bridgehead atoms. The van der Waals surface area contributed by atoms with Crippen molar-refractivity contribution < 1.29 is 24.4 Å². The van der Waals surface area contributed by atoms with Crippen molar-refractivity contribution in [2.24, 2.45) is 17.8 Å². The zero-order valence-electron chi connectivity index (χ0n) is 28.3. The molecule has 4 aliphatic rings. The summed E-state index contributed by atoms with van der Waals surface area (Å²) >= 11 is 0. The van der Waals surface area contributed by atoms with Gasteiger partial charge in [0, 0.05) is 31.9 Å². The van der Waals surface area contributed by atoms with Crippen LogP contribution in [0.25, 0.3) is 11.6 Å². The molecule has 3 fully saturated rings. The van der Waals surface area contributed by atoms with Crippen LogP contribution in [0.4, 0.5) is 0 Å². The Morgan fingerprint density at radius 2 is 1.80 bits per heavy atom. The Balaban J connectivity index is 1.11. The van der Waals surface area contributed by atoms with E-state index >= 15 is 0 Å². The normalized spacial score (nSPS) is 25.1. The average molecular weight is 660 g/mol. The SMILES string of the molecule is CCCC1=C2[C@@H](CC/C(=C/c3cccc(O)c3)c3ccccn3)OB(O)C[C@@H]2[C@@H]2C(=O)N(C3CCN(Cc4ccccc4)CC3)C(=O)[C@@H]2C1. The molecule has 1 aliphatic carbocycles. The highest BCUT2D eigenvalue weighted by Crippen LogP contribution is 2.52. The number of hydrogen-bond donors (Lipinski definition) is 2. The van der Waals surface area contributed by atoms with E-state index in [1.807, 2.05) is 42.5 Å². The van der Waals surface area contributed by atoms with Crippen LogP contribution in [0.1, 0.15) is 68.7 Å². The molecule has 3 aromatic rings. The molecule has 7 rings (SSSR count). The van der Waals surface area contributed by atoms with Crippen LogP contribution >= 0.6 is 0 Å². The summed E-state index contributed by atoms with van der Waals surface area (Å²) in [5.41, 5.74) is 6.34. The van der Waals surface area contributed by atoms with Gasteiger partial charge in [0.05, 0.1) is 23.6 Å². The zero-order valence-corrected chi connectivity index (χ0v) is 28.3. The molecule has 8 nitrogen and oxygen atoms in total. The number of imide groups is 1. The molecule has 0 saturated carbocycles. The van der Waals surface area contributed by atoms with Crippen molar-refractivity contribution in [2.75, 3.05) is 13.1 Å². The number of fused-ring (bicyclic) bond motifs is 3. The third-order valence-electron chi connectivity index (χ3n) is 10.9. The lowest BCUT2D eigenvalue weighted by atomic mass is 9.58. The number of piperidine rings is 1. The molecule has 49 heavy (non-hydrogen) atoms. The fourth-order valence-corrected chi connectivity index (χ4v) is 8.79. The number of rotatable bonds is 10. The maximum Gasteiger partial charge on any atom is 0.455 e. The summed E-state index contributed by atoms with van der Waals surface area (Å²) < 4.78 is 6.30. The highest BCUT2D eigenvalue weighted by atomic mass is 16.5. The van der Waals surface area contributed by atoms with Crippen molar-refractivity contribution in [1.29, 1.82) is 0 Å². The molecule has 1 aromatic heterocycles. The lowest BCUT2D eigenvalue weighted by molar-refractivity contribution is -0.144. The van der Waals surface area contributed by atoms with Crippen molar-refractivity contribution in [3.63, 3.8) is 0 Å². The number of amides is 2. The van der Waals surface area contributed by atoms with E-state index < -0.39 is 13.0 Å². The number of carbonyl (C=O) groups excluding carboxylic acids is 2. The summed E-state index contributed by atoms with van der Waals surface area (Å²) in [5, 5.41) is 21.2. The lowest BCUT2D eigenvalue weighted by Crippen LogP contribution is -2.48. The molecule has 254 valence electrons. The van der Waals surface area contributed by atoms with Crippen LogP contribution in [0.15, 0.2) is 90.1 Å². The highest BCUT2D eigenvalue weighted by Gasteiger charge is 2.58. The number of aromatic nitrogens is 1. The van der Waals surface area contributed by atoms with Crippen LogP contribution in [0.5, 0.6) is 5.75 Å². The second-order valence-corrected chi connectivity index (χ2v) is 14.1.